The fraction of sp³-hybridized carbons (Fsp3) is 0.391. The maximum Gasteiger partial charge on any atom is 0.255 e. The summed E-state index contributed by atoms with van der Waals surface area (Å²) in [6, 6.07) is 15.7. The second-order valence-corrected chi connectivity index (χ2v) is 7.47. The highest BCUT2D eigenvalue weighted by molar-refractivity contribution is 6.08. The van der Waals surface area contributed by atoms with E-state index in [1.807, 2.05) is 48.5 Å². The van der Waals surface area contributed by atoms with Crippen LogP contribution < -0.4 is 10.2 Å². The molecule has 2 aromatic carbocycles. The first-order valence-corrected chi connectivity index (χ1v) is 10.0. The van der Waals surface area contributed by atoms with Gasteiger partial charge in [-0.3, -0.25) is 14.5 Å². The molecule has 1 fully saturated rings. The topological polar surface area (TPSA) is 52.7 Å². The molecule has 5 nitrogen and oxygen atoms in total. The molecule has 5 heteroatoms. The minimum atomic E-state index is -0.165. The molecule has 0 aromatic heterocycles. The lowest BCUT2D eigenvalue weighted by Crippen LogP contribution is -2.29. The normalized spacial score (nSPS) is 14.2. The Hall–Kier alpha value is -2.66. The maximum absolute atomic E-state index is 12.7. The van der Waals surface area contributed by atoms with E-state index in [1.165, 1.54) is 5.56 Å². The average molecular weight is 380 g/mol. The standard InChI is InChI=1S/C23H29N3O2/c1-4-25(17(2)3)16-18-11-13-19(14-12-18)23(28)24-20-8-5-6-9-21(20)26-15-7-10-22(26)27/h5-6,8-9,11-14,17H,4,7,10,15-16H2,1-3H3,(H,24,28). The molecule has 0 radical (unpaired) electrons. The van der Waals surface area contributed by atoms with Crippen LogP contribution >= 0.6 is 0 Å². The van der Waals surface area contributed by atoms with Crippen molar-refractivity contribution in [1.29, 1.82) is 0 Å². The molecule has 0 unspecified atom stereocenters. The monoisotopic (exact) mass is 379 g/mol. The molecule has 3 rings (SSSR count). The highest BCUT2D eigenvalue weighted by atomic mass is 16.2. The van der Waals surface area contributed by atoms with Gasteiger partial charge < -0.3 is 10.2 Å². The van der Waals surface area contributed by atoms with Crippen LogP contribution in [0.5, 0.6) is 0 Å². The highest BCUT2D eigenvalue weighted by Crippen LogP contribution is 2.29. The van der Waals surface area contributed by atoms with E-state index < -0.39 is 0 Å². The van der Waals surface area contributed by atoms with Crippen molar-refractivity contribution in [3.63, 3.8) is 0 Å². The van der Waals surface area contributed by atoms with Crippen LogP contribution in [0.15, 0.2) is 48.5 Å². The van der Waals surface area contributed by atoms with Gasteiger partial charge in [0.2, 0.25) is 5.91 Å². The molecule has 1 N–H and O–H groups in total. The van der Waals surface area contributed by atoms with E-state index >= 15 is 0 Å². The number of benzene rings is 2. The van der Waals surface area contributed by atoms with E-state index in [9.17, 15) is 9.59 Å². The zero-order chi connectivity index (χ0) is 20.1. The van der Waals surface area contributed by atoms with Crippen LogP contribution in [0.4, 0.5) is 11.4 Å². The summed E-state index contributed by atoms with van der Waals surface area (Å²) in [6.45, 7) is 9.10. The minimum absolute atomic E-state index is 0.108. The Morgan fingerprint density at radius 3 is 2.46 bits per heavy atom. The van der Waals surface area contributed by atoms with Crippen molar-refractivity contribution in [3.05, 3.63) is 59.7 Å². The molecule has 0 aliphatic carbocycles. The summed E-state index contributed by atoms with van der Waals surface area (Å²) in [6.07, 6.45) is 1.42. The van der Waals surface area contributed by atoms with Gasteiger partial charge in [-0.2, -0.15) is 0 Å². The smallest absolute Gasteiger partial charge is 0.255 e. The Morgan fingerprint density at radius 1 is 1.14 bits per heavy atom. The van der Waals surface area contributed by atoms with Crippen molar-refractivity contribution < 1.29 is 9.59 Å². The molecule has 1 saturated heterocycles. The number of carbonyl (C=O) groups is 2. The van der Waals surface area contributed by atoms with Gasteiger partial charge >= 0.3 is 0 Å². The molecule has 0 saturated carbocycles. The van der Waals surface area contributed by atoms with Crippen molar-refractivity contribution in [2.75, 3.05) is 23.3 Å². The number of para-hydroxylation sites is 2. The second-order valence-electron chi connectivity index (χ2n) is 7.47. The molecule has 1 aliphatic heterocycles. The number of hydrogen-bond acceptors (Lipinski definition) is 3. The lowest BCUT2D eigenvalue weighted by atomic mass is 10.1. The average Bonchev–Trinajstić information content (AvgIpc) is 3.12. The van der Waals surface area contributed by atoms with E-state index in [0.29, 0.717) is 30.3 Å². The van der Waals surface area contributed by atoms with Crippen LogP contribution in [0.2, 0.25) is 0 Å². The highest BCUT2D eigenvalue weighted by Gasteiger charge is 2.24. The number of hydrogen-bond donors (Lipinski definition) is 1. The van der Waals surface area contributed by atoms with Crippen molar-refractivity contribution in [2.45, 2.75) is 46.2 Å². The third-order valence-corrected chi connectivity index (χ3v) is 5.25. The quantitative estimate of drug-likeness (QED) is 0.780. The van der Waals surface area contributed by atoms with Crippen molar-refractivity contribution in [3.8, 4) is 0 Å². The molecule has 1 heterocycles. The Bertz CT molecular complexity index is 830. The van der Waals surface area contributed by atoms with Crippen molar-refractivity contribution in [2.24, 2.45) is 0 Å². The third kappa shape index (κ3) is 4.60. The number of amides is 2. The van der Waals surface area contributed by atoms with Crippen LogP contribution in [0.3, 0.4) is 0 Å². The zero-order valence-electron chi connectivity index (χ0n) is 16.9. The van der Waals surface area contributed by atoms with E-state index in [-0.39, 0.29) is 11.8 Å². The minimum Gasteiger partial charge on any atom is -0.320 e. The fourth-order valence-corrected chi connectivity index (χ4v) is 3.57. The van der Waals surface area contributed by atoms with Crippen molar-refractivity contribution >= 4 is 23.2 Å². The summed E-state index contributed by atoms with van der Waals surface area (Å²) in [5.74, 6) is -0.0569. The molecule has 0 spiro atoms. The predicted molar refractivity (Wildman–Crippen MR) is 114 cm³/mol. The van der Waals surface area contributed by atoms with Crippen LogP contribution in [0.25, 0.3) is 0 Å². The second kappa shape index (κ2) is 9.02. The first kappa shape index (κ1) is 20.1. The molecular formula is C23H29N3O2. The molecule has 2 amide bonds. The van der Waals surface area contributed by atoms with Gasteiger partial charge in [-0.05, 0) is 56.6 Å². The SMILES string of the molecule is CCN(Cc1ccc(C(=O)Nc2ccccc2N2CCCC2=O)cc1)C(C)C. The van der Waals surface area contributed by atoms with Gasteiger partial charge in [0.1, 0.15) is 0 Å². The summed E-state index contributed by atoms with van der Waals surface area (Å²) in [5, 5.41) is 2.97. The number of nitrogens with zero attached hydrogens (tertiary/aromatic N) is 2. The molecule has 28 heavy (non-hydrogen) atoms. The largest absolute Gasteiger partial charge is 0.320 e. The van der Waals surface area contributed by atoms with Gasteiger partial charge in [-0.25, -0.2) is 0 Å². The van der Waals surface area contributed by atoms with Gasteiger partial charge in [-0.1, -0.05) is 31.2 Å². The fourth-order valence-electron chi connectivity index (χ4n) is 3.57. The Balaban J connectivity index is 1.71. The molecule has 0 bridgehead atoms. The number of nitrogens with one attached hydrogen (secondary N) is 1. The summed E-state index contributed by atoms with van der Waals surface area (Å²) < 4.78 is 0. The van der Waals surface area contributed by atoms with Gasteiger partial charge in [0.15, 0.2) is 0 Å². The van der Waals surface area contributed by atoms with Gasteiger partial charge in [0.05, 0.1) is 11.4 Å². The van der Waals surface area contributed by atoms with E-state index in [4.69, 9.17) is 0 Å². The van der Waals surface area contributed by atoms with Crippen LogP contribution in [0.1, 0.15) is 49.5 Å². The van der Waals surface area contributed by atoms with Gasteiger partial charge in [0.25, 0.3) is 5.91 Å². The van der Waals surface area contributed by atoms with Gasteiger partial charge in [0, 0.05) is 31.1 Å². The van der Waals surface area contributed by atoms with Gasteiger partial charge in [-0.15, -0.1) is 0 Å². The Labute approximate surface area is 167 Å². The number of rotatable bonds is 7. The number of anilines is 2. The van der Waals surface area contributed by atoms with Crippen LogP contribution in [0, 0.1) is 0 Å². The molecular weight excluding hydrogens is 350 g/mol. The lowest BCUT2D eigenvalue weighted by molar-refractivity contribution is -0.117. The third-order valence-electron chi connectivity index (χ3n) is 5.25. The summed E-state index contributed by atoms with van der Waals surface area (Å²) in [4.78, 5) is 29.0. The summed E-state index contributed by atoms with van der Waals surface area (Å²) in [7, 11) is 0. The first-order valence-electron chi connectivity index (χ1n) is 10.0. The van der Waals surface area contributed by atoms with Crippen LogP contribution in [-0.2, 0) is 11.3 Å². The summed E-state index contributed by atoms with van der Waals surface area (Å²) in [5.41, 5.74) is 3.24. The Kier molecular flexibility index (Phi) is 6.47. The van der Waals surface area contributed by atoms with E-state index in [0.717, 1.165) is 25.2 Å². The molecule has 0 atom stereocenters. The maximum atomic E-state index is 12.7. The van der Waals surface area contributed by atoms with E-state index in [2.05, 4.69) is 31.0 Å². The van der Waals surface area contributed by atoms with Crippen LogP contribution in [-0.4, -0.2) is 35.8 Å². The van der Waals surface area contributed by atoms with Crippen molar-refractivity contribution in [1.82, 2.24) is 4.90 Å². The lowest BCUT2D eigenvalue weighted by Gasteiger charge is -2.24. The van der Waals surface area contributed by atoms with E-state index in [1.54, 1.807) is 4.90 Å². The number of carbonyl (C=O) groups excluding carboxylic acids is 2. The molecule has 2 aromatic rings. The zero-order valence-corrected chi connectivity index (χ0v) is 16.9. The molecule has 1 aliphatic rings. The predicted octanol–water partition coefficient (Wildman–Crippen LogP) is 4.30. The summed E-state index contributed by atoms with van der Waals surface area (Å²) >= 11 is 0. The Morgan fingerprint density at radius 2 is 1.86 bits per heavy atom. The first-order chi connectivity index (χ1) is 13.5. The molecule has 148 valence electrons.